The summed E-state index contributed by atoms with van der Waals surface area (Å²) >= 11 is 1.47. The van der Waals surface area contributed by atoms with Gasteiger partial charge in [-0.3, -0.25) is 0 Å². The fourth-order valence-corrected chi connectivity index (χ4v) is 3.54. The van der Waals surface area contributed by atoms with Crippen molar-refractivity contribution < 1.29 is 9.26 Å². The van der Waals surface area contributed by atoms with Crippen LogP contribution in [-0.4, -0.2) is 17.3 Å². The Bertz CT molecular complexity index is 560. The molecule has 0 saturated heterocycles. The second-order valence-electron chi connectivity index (χ2n) is 5.21. The molecule has 20 heavy (non-hydrogen) atoms. The average Bonchev–Trinajstić information content (AvgIpc) is 3.10. The van der Waals surface area contributed by atoms with E-state index in [4.69, 9.17) is 15.0 Å². The summed E-state index contributed by atoms with van der Waals surface area (Å²) in [4.78, 5) is 4.48. The number of rotatable bonds is 4. The van der Waals surface area contributed by atoms with E-state index in [1.165, 1.54) is 43.4 Å². The Kier molecular flexibility index (Phi) is 4.03. The third-order valence-electron chi connectivity index (χ3n) is 3.95. The molecule has 0 spiro atoms. The molecule has 2 N–H and O–H groups in total. The second kappa shape index (κ2) is 5.93. The van der Waals surface area contributed by atoms with E-state index in [-0.39, 0.29) is 6.10 Å². The molecular weight excluding hydrogens is 274 g/mol. The summed E-state index contributed by atoms with van der Waals surface area (Å²) in [6, 6.07) is 1.90. The second-order valence-corrected chi connectivity index (χ2v) is 6.16. The van der Waals surface area contributed by atoms with Crippen LogP contribution in [0.5, 0.6) is 0 Å². The summed E-state index contributed by atoms with van der Waals surface area (Å²) in [7, 11) is 1.72. The van der Waals surface area contributed by atoms with Gasteiger partial charge >= 0.3 is 0 Å². The number of thiophene rings is 1. The zero-order valence-electron chi connectivity index (χ0n) is 11.5. The Morgan fingerprint density at radius 3 is 2.85 bits per heavy atom. The molecule has 2 aromatic heterocycles. The Balaban J connectivity index is 1.82. The van der Waals surface area contributed by atoms with Gasteiger partial charge < -0.3 is 15.0 Å². The lowest BCUT2D eigenvalue weighted by molar-refractivity contribution is 0.0274. The topological polar surface area (TPSA) is 74.2 Å². The lowest BCUT2D eigenvalue weighted by atomic mass is 9.85. The Labute approximate surface area is 122 Å². The quantitative estimate of drug-likeness (QED) is 0.931. The normalized spacial score (nSPS) is 18.2. The van der Waals surface area contributed by atoms with Gasteiger partial charge in [-0.1, -0.05) is 24.4 Å². The fourth-order valence-electron chi connectivity index (χ4n) is 2.90. The minimum Gasteiger partial charge on any atom is -0.390 e. The minimum absolute atomic E-state index is 0.0762. The maximum atomic E-state index is 5.89. The third-order valence-corrected chi connectivity index (χ3v) is 4.70. The molecule has 2 heterocycles. The molecule has 3 rings (SSSR count). The smallest absolute Gasteiger partial charge is 0.261 e. The molecule has 0 aliphatic heterocycles. The van der Waals surface area contributed by atoms with Gasteiger partial charge in [0.25, 0.3) is 5.89 Å². The van der Waals surface area contributed by atoms with Crippen LogP contribution in [0.3, 0.4) is 0 Å². The first-order valence-corrected chi connectivity index (χ1v) is 7.87. The molecule has 1 unspecified atom stereocenters. The van der Waals surface area contributed by atoms with E-state index in [1.807, 2.05) is 11.4 Å². The lowest BCUT2D eigenvalue weighted by Crippen LogP contribution is -2.19. The summed E-state index contributed by atoms with van der Waals surface area (Å²) in [6.45, 7) is 0. The maximum Gasteiger partial charge on any atom is 0.261 e. The molecule has 108 valence electrons. The van der Waals surface area contributed by atoms with Gasteiger partial charge in [-0.15, -0.1) is 11.3 Å². The number of nitrogens with zero attached hydrogens (tertiary/aromatic N) is 2. The Hall–Kier alpha value is -1.40. The van der Waals surface area contributed by atoms with Crippen LogP contribution in [0, 0.1) is 5.92 Å². The molecule has 2 aromatic rings. The van der Waals surface area contributed by atoms with Crippen molar-refractivity contribution in [3.63, 3.8) is 0 Å². The van der Waals surface area contributed by atoms with Crippen molar-refractivity contribution in [2.45, 2.75) is 38.2 Å². The van der Waals surface area contributed by atoms with Crippen LogP contribution < -0.4 is 5.73 Å². The van der Waals surface area contributed by atoms with Crippen molar-refractivity contribution in [2.75, 3.05) is 12.8 Å². The van der Waals surface area contributed by atoms with Crippen LogP contribution in [0.2, 0.25) is 0 Å². The highest BCUT2D eigenvalue weighted by atomic mass is 32.1. The molecule has 1 fully saturated rings. The summed E-state index contributed by atoms with van der Waals surface area (Å²) in [5.74, 6) is 1.61. The zero-order valence-corrected chi connectivity index (χ0v) is 12.4. The van der Waals surface area contributed by atoms with E-state index in [0.29, 0.717) is 22.6 Å². The van der Waals surface area contributed by atoms with Crippen LogP contribution in [-0.2, 0) is 4.74 Å². The van der Waals surface area contributed by atoms with Crippen LogP contribution >= 0.6 is 11.3 Å². The molecule has 0 amide bonds. The van der Waals surface area contributed by atoms with Crippen molar-refractivity contribution in [1.29, 1.82) is 0 Å². The summed E-state index contributed by atoms with van der Waals surface area (Å²) < 4.78 is 11.0. The van der Waals surface area contributed by atoms with E-state index in [9.17, 15) is 0 Å². The first-order chi connectivity index (χ1) is 9.79. The first kappa shape index (κ1) is 13.6. The Morgan fingerprint density at radius 1 is 1.40 bits per heavy atom. The van der Waals surface area contributed by atoms with Gasteiger partial charge in [0.05, 0.1) is 10.6 Å². The molecule has 6 heteroatoms. The highest BCUT2D eigenvalue weighted by molar-refractivity contribution is 7.14. The summed E-state index contributed by atoms with van der Waals surface area (Å²) in [5.41, 5.74) is 6.71. The molecule has 1 saturated carbocycles. The van der Waals surface area contributed by atoms with Crippen LogP contribution in [0.1, 0.15) is 44.0 Å². The number of hydrogen-bond acceptors (Lipinski definition) is 6. The molecule has 1 atom stereocenters. The maximum absolute atomic E-state index is 5.89. The van der Waals surface area contributed by atoms with Crippen LogP contribution in [0.15, 0.2) is 16.0 Å². The van der Waals surface area contributed by atoms with Crippen molar-refractivity contribution in [3.8, 4) is 11.5 Å². The standard InChI is InChI=1S/C14H19N3O2S/c1-18-11(9-5-3-2-4-6-9)13-16-14(19-17-13)10-7-8-20-12(10)15/h7-9,11H,2-6,15H2,1H3. The van der Waals surface area contributed by atoms with E-state index < -0.39 is 0 Å². The highest BCUT2D eigenvalue weighted by Crippen LogP contribution is 2.36. The SMILES string of the molecule is COC(c1noc(-c2ccsc2N)n1)C1CCCCC1. The van der Waals surface area contributed by atoms with E-state index in [0.717, 1.165) is 5.56 Å². The van der Waals surface area contributed by atoms with Gasteiger partial charge in [-0.05, 0) is 30.2 Å². The molecule has 0 bridgehead atoms. The monoisotopic (exact) mass is 293 g/mol. The van der Waals surface area contributed by atoms with Crippen molar-refractivity contribution in [1.82, 2.24) is 10.1 Å². The summed E-state index contributed by atoms with van der Waals surface area (Å²) in [6.07, 6.45) is 6.09. The zero-order chi connectivity index (χ0) is 13.9. The number of nitrogen functional groups attached to an aromatic ring is 1. The van der Waals surface area contributed by atoms with E-state index in [1.54, 1.807) is 7.11 Å². The summed E-state index contributed by atoms with van der Waals surface area (Å²) in [5, 5.41) is 6.72. The van der Waals surface area contributed by atoms with Gasteiger partial charge in [0.2, 0.25) is 5.82 Å². The third kappa shape index (κ3) is 2.58. The highest BCUT2D eigenvalue weighted by Gasteiger charge is 2.29. The van der Waals surface area contributed by atoms with Crippen molar-refractivity contribution >= 4 is 16.3 Å². The van der Waals surface area contributed by atoms with Gasteiger partial charge in [-0.2, -0.15) is 4.98 Å². The molecule has 1 aliphatic carbocycles. The van der Waals surface area contributed by atoms with Crippen molar-refractivity contribution in [2.24, 2.45) is 5.92 Å². The predicted molar refractivity (Wildman–Crippen MR) is 78.3 cm³/mol. The number of anilines is 1. The number of nitrogens with two attached hydrogens (primary N) is 1. The minimum atomic E-state index is -0.0762. The lowest BCUT2D eigenvalue weighted by Gasteiger charge is -2.26. The first-order valence-electron chi connectivity index (χ1n) is 6.99. The van der Waals surface area contributed by atoms with Gasteiger partial charge in [0.1, 0.15) is 6.10 Å². The van der Waals surface area contributed by atoms with E-state index >= 15 is 0 Å². The number of methoxy groups -OCH3 is 1. The molecule has 1 aliphatic rings. The van der Waals surface area contributed by atoms with Crippen LogP contribution in [0.4, 0.5) is 5.00 Å². The van der Waals surface area contributed by atoms with Gasteiger partial charge in [0, 0.05) is 7.11 Å². The number of ether oxygens (including phenoxy) is 1. The predicted octanol–water partition coefficient (Wildman–Crippen LogP) is 3.65. The molecule has 0 aromatic carbocycles. The largest absolute Gasteiger partial charge is 0.390 e. The molecule has 5 nitrogen and oxygen atoms in total. The number of hydrogen-bond donors (Lipinski definition) is 1. The van der Waals surface area contributed by atoms with E-state index in [2.05, 4.69) is 10.1 Å². The van der Waals surface area contributed by atoms with Crippen LogP contribution in [0.25, 0.3) is 11.5 Å². The molecular formula is C14H19N3O2S. The van der Waals surface area contributed by atoms with Gasteiger partial charge in [-0.25, -0.2) is 0 Å². The average molecular weight is 293 g/mol. The fraction of sp³-hybridized carbons (Fsp3) is 0.571. The van der Waals surface area contributed by atoms with Gasteiger partial charge in [0.15, 0.2) is 0 Å². The molecule has 0 radical (unpaired) electrons. The number of aromatic nitrogens is 2. The van der Waals surface area contributed by atoms with Crippen molar-refractivity contribution in [3.05, 3.63) is 17.3 Å². The Morgan fingerprint density at radius 2 is 2.20 bits per heavy atom.